The van der Waals surface area contributed by atoms with Crippen LogP contribution in [-0.4, -0.2) is 37.8 Å². The number of carbonyl (C=O) groups excluding carboxylic acids is 2. The summed E-state index contributed by atoms with van der Waals surface area (Å²) in [4.78, 5) is 28.2. The number of hydrogen-bond donors (Lipinski definition) is 1. The second kappa shape index (κ2) is 12.5. The molecule has 3 aromatic carbocycles. The second-order valence-corrected chi connectivity index (χ2v) is 10.1. The Kier molecular flexibility index (Phi) is 8.95. The number of ether oxygens (including phenoxy) is 2. The first-order valence-corrected chi connectivity index (χ1v) is 13.1. The predicted octanol–water partition coefficient (Wildman–Crippen LogP) is 5.14. The number of nitrogens with zero attached hydrogens (tertiary/aromatic N) is 2. The van der Waals surface area contributed by atoms with E-state index in [-0.39, 0.29) is 11.5 Å². The largest absolute Gasteiger partial charge is 0.493 e. The van der Waals surface area contributed by atoms with E-state index in [0.29, 0.717) is 46.6 Å². The first kappa shape index (κ1) is 27.1. The van der Waals surface area contributed by atoms with Crippen LogP contribution in [0.5, 0.6) is 11.5 Å². The topological polar surface area (TPSA) is 91.7 Å². The van der Waals surface area contributed by atoms with Crippen molar-refractivity contribution >= 4 is 40.9 Å². The van der Waals surface area contributed by atoms with Crippen LogP contribution in [0.1, 0.15) is 11.1 Å². The zero-order valence-electron chi connectivity index (χ0n) is 20.9. The molecular formula is C29H26ClN3O4S. The molecule has 0 unspecified atom stereocenters. The fraction of sp³-hybridized carbons (Fsp3) is 0.207. The van der Waals surface area contributed by atoms with Crippen molar-refractivity contribution in [2.24, 2.45) is 0 Å². The Morgan fingerprint density at radius 1 is 1.03 bits per heavy atom. The molecule has 0 spiro atoms. The molecule has 1 aliphatic heterocycles. The van der Waals surface area contributed by atoms with Crippen molar-refractivity contribution in [3.8, 4) is 17.6 Å². The predicted molar refractivity (Wildman–Crippen MR) is 149 cm³/mol. The third-order valence-electron chi connectivity index (χ3n) is 6.00. The lowest BCUT2D eigenvalue weighted by molar-refractivity contribution is -0.117. The minimum absolute atomic E-state index is 0.0990. The van der Waals surface area contributed by atoms with Crippen LogP contribution in [-0.2, 0) is 22.4 Å². The van der Waals surface area contributed by atoms with E-state index in [1.165, 1.54) is 16.7 Å². The second-order valence-electron chi connectivity index (χ2n) is 8.43. The van der Waals surface area contributed by atoms with E-state index in [9.17, 15) is 14.9 Å². The van der Waals surface area contributed by atoms with Crippen LogP contribution in [0.15, 0.2) is 83.4 Å². The summed E-state index contributed by atoms with van der Waals surface area (Å²) in [6, 6.07) is 23.9. The molecule has 0 bridgehead atoms. The summed E-state index contributed by atoms with van der Waals surface area (Å²) in [6.07, 6.45) is 0.959. The van der Waals surface area contributed by atoms with Crippen LogP contribution in [0.2, 0.25) is 5.02 Å². The average Bonchev–Trinajstić information content (AvgIpc) is 3.25. The van der Waals surface area contributed by atoms with Crippen LogP contribution in [0, 0.1) is 11.3 Å². The van der Waals surface area contributed by atoms with Crippen LogP contribution in [0.4, 0.5) is 5.69 Å². The molecule has 194 valence electrons. The molecule has 38 heavy (non-hydrogen) atoms. The molecule has 2 amide bonds. The number of benzene rings is 3. The number of carbonyl (C=O) groups is 2. The van der Waals surface area contributed by atoms with Gasteiger partial charge >= 0.3 is 0 Å². The van der Waals surface area contributed by atoms with E-state index in [1.807, 2.05) is 48.5 Å². The van der Waals surface area contributed by atoms with E-state index in [0.717, 1.165) is 11.1 Å². The van der Waals surface area contributed by atoms with Gasteiger partial charge in [0.25, 0.3) is 5.91 Å². The van der Waals surface area contributed by atoms with E-state index < -0.39 is 11.2 Å². The zero-order valence-corrected chi connectivity index (χ0v) is 22.5. The molecule has 1 aliphatic rings. The van der Waals surface area contributed by atoms with E-state index in [4.69, 9.17) is 21.1 Å². The third-order valence-corrected chi connectivity index (χ3v) is 7.52. The van der Waals surface area contributed by atoms with Gasteiger partial charge in [0.1, 0.15) is 16.7 Å². The van der Waals surface area contributed by atoms with Crippen LogP contribution in [0.25, 0.3) is 0 Å². The van der Waals surface area contributed by atoms with Gasteiger partial charge in [-0.15, -0.1) is 0 Å². The lowest BCUT2D eigenvalue weighted by Crippen LogP contribution is -2.32. The highest BCUT2D eigenvalue weighted by Gasteiger charge is 2.40. The molecular weight excluding hydrogens is 522 g/mol. The van der Waals surface area contributed by atoms with Crippen LogP contribution >= 0.6 is 23.4 Å². The first-order chi connectivity index (χ1) is 18.4. The summed E-state index contributed by atoms with van der Waals surface area (Å²) in [5.74, 6) is 0.504. The van der Waals surface area contributed by atoms with Gasteiger partial charge in [0.2, 0.25) is 5.91 Å². The molecule has 4 rings (SSSR count). The summed E-state index contributed by atoms with van der Waals surface area (Å²) < 4.78 is 10.6. The van der Waals surface area contributed by atoms with Crippen molar-refractivity contribution in [2.45, 2.75) is 18.1 Å². The standard InChI is InChI=1S/C29H26ClN3O4S/c1-36-24-13-10-20(16-25(24)37-2)14-15-32-27(34)23(18-31)29-33(22-6-4-3-5-7-22)28(35)26(38-29)17-19-8-11-21(30)12-9-19/h3-13,16,26H,14-15,17H2,1-2H3,(H,32,34)/b29-23-/t26-/m1/s1. The van der Waals surface area contributed by atoms with Crippen LogP contribution < -0.4 is 19.7 Å². The Balaban J connectivity index is 1.55. The number of methoxy groups -OCH3 is 2. The van der Waals surface area contributed by atoms with Gasteiger partial charge in [0, 0.05) is 17.3 Å². The van der Waals surface area contributed by atoms with Crippen molar-refractivity contribution in [2.75, 3.05) is 25.7 Å². The molecule has 1 N–H and O–H groups in total. The molecule has 1 saturated heterocycles. The number of amides is 2. The van der Waals surface area contributed by atoms with Gasteiger partial charge < -0.3 is 14.8 Å². The van der Waals surface area contributed by atoms with E-state index in [2.05, 4.69) is 5.32 Å². The summed E-state index contributed by atoms with van der Waals surface area (Å²) >= 11 is 7.24. The fourth-order valence-electron chi connectivity index (χ4n) is 4.08. The first-order valence-electron chi connectivity index (χ1n) is 11.9. The molecule has 9 heteroatoms. The Morgan fingerprint density at radius 3 is 2.37 bits per heavy atom. The molecule has 0 radical (unpaired) electrons. The van der Waals surface area contributed by atoms with Gasteiger partial charge in [-0.05, 0) is 60.4 Å². The lowest BCUT2D eigenvalue weighted by atomic mass is 10.1. The molecule has 3 aromatic rings. The van der Waals surface area contributed by atoms with Crippen molar-refractivity contribution in [3.63, 3.8) is 0 Å². The van der Waals surface area contributed by atoms with E-state index in [1.54, 1.807) is 44.6 Å². The SMILES string of the molecule is COc1ccc(CCNC(=O)/C(C#N)=C2\S[C@H](Cc3ccc(Cl)cc3)C(=O)N2c2ccccc2)cc1OC. The Morgan fingerprint density at radius 2 is 1.71 bits per heavy atom. The maximum Gasteiger partial charge on any atom is 0.264 e. The monoisotopic (exact) mass is 547 g/mol. The third kappa shape index (κ3) is 6.13. The molecule has 1 fully saturated rings. The van der Waals surface area contributed by atoms with Crippen molar-refractivity contribution in [1.82, 2.24) is 5.32 Å². The van der Waals surface area contributed by atoms with Crippen molar-refractivity contribution in [3.05, 3.63) is 99.5 Å². The minimum atomic E-state index is -0.531. The number of hydrogen-bond acceptors (Lipinski definition) is 6. The Bertz CT molecular complexity index is 1390. The quantitative estimate of drug-likeness (QED) is 0.294. The summed E-state index contributed by atoms with van der Waals surface area (Å²) in [5, 5.41) is 13.3. The van der Waals surface area contributed by atoms with Gasteiger partial charge in [0.05, 0.1) is 19.5 Å². The molecule has 0 aromatic heterocycles. The maximum atomic E-state index is 13.5. The maximum absolute atomic E-state index is 13.5. The minimum Gasteiger partial charge on any atom is -0.493 e. The highest BCUT2D eigenvalue weighted by Crippen LogP contribution is 2.42. The fourth-order valence-corrected chi connectivity index (χ4v) is 5.51. The summed E-state index contributed by atoms with van der Waals surface area (Å²) in [6.45, 7) is 0.297. The number of anilines is 1. The Hall–Kier alpha value is -3.93. The normalized spacial score (nSPS) is 16.1. The highest BCUT2D eigenvalue weighted by molar-refractivity contribution is 8.05. The molecule has 1 atom stereocenters. The summed E-state index contributed by atoms with van der Waals surface area (Å²) in [7, 11) is 3.13. The van der Waals surface area contributed by atoms with Gasteiger partial charge in [-0.25, -0.2) is 0 Å². The molecule has 0 saturated carbocycles. The number of halogens is 1. The summed E-state index contributed by atoms with van der Waals surface area (Å²) in [5.41, 5.74) is 2.38. The van der Waals surface area contributed by atoms with Crippen molar-refractivity contribution < 1.29 is 19.1 Å². The van der Waals surface area contributed by atoms with Gasteiger partial charge in [-0.1, -0.05) is 59.8 Å². The molecule has 7 nitrogen and oxygen atoms in total. The number of nitrogens with one attached hydrogen (secondary N) is 1. The number of thioether (sulfide) groups is 1. The van der Waals surface area contributed by atoms with Gasteiger partial charge in [-0.2, -0.15) is 5.26 Å². The smallest absolute Gasteiger partial charge is 0.264 e. The Labute approximate surface area is 231 Å². The van der Waals surface area contributed by atoms with Gasteiger partial charge in [0.15, 0.2) is 11.5 Å². The molecule has 0 aliphatic carbocycles. The number of nitriles is 1. The molecule has 1 heterocycles. The zero-order chi connectivity index (χ0) is 27.1. The van der Waals surface area contributed by atoms with Crippen molar-refractivity contribution in [1.29, 1.82) is 5.26 Å². The van der Waals surface area contributed by atoms with Crippen LogP contribution in [0.3, 0.4) is 0 Å². The number of para-hydroxylation sites is 1. The lowest BCUT2D eigenvalue weighted by Gasteiger charge is -2.18. The average molecular weight is 548 g/mol. The van der Waals surface area contributed by atoms with E-state index >= 15 is 0 Å². The number of rotatable bonds is 9. The van der Waals surface area contributed by atoms with Gasteiger partial charge in [-0.3, -0.25) is 14.5 Å². The highest BCUT2D eigenvalue weighted by atomic mass is 35.5.